The molecular formula is C11H9N3O2. The number of hydrogen-bond acceptors (Lipinski definition) is 4. The Hall–Kier alpha value is -2.53. The van der Waals surface area contributed by atoms with Gasteiger partial charge >= 0.3 is 5.97 Å². The molecule has 80 valence electrons. The molecule has 0 spiro atoms. The van der Waals surface area contributed by atoms with Crippen LogP contribution in [0.4, 0.5) is 5.69 Å². The van der Waals surface area contributed by atoms with Crippen LogP contribution in [-0.2, 0) is 4.79 Å². The summed E-state index contributed by atoms with van der Waals surface area (Å²) in [6, 6.07) is 4.99. The maximum absolute atomic E-state index is 10.6. The SMILES string of the molecule is C#CCN(CC(=O)O)c1ccnc(C#N)c1. The molecule has 1 heterocycles. The number of anilines is 1. The van der Waals surface area contributed by atoms with Crippen molar-refractivity contribution in [2.75, 3.05) is 18.0 Å². The second-order valence-electron chi connectivity index (χ2n) is 2.97. The molecule has 0 unspecified atom stereocenters. The monoisotopic (exact) mass is 215 g/mol. The van der Waals surface area contributed by atoms with Crippen LogP contribution in [0.5, 0.6) is 0 Å². The van der Waals surface area contributed by atoms with E-state index in [9.17, 15) is 4.79 Å². The van der Waals surface area contributed by atoms with E-state index in [1.54, 1.807) is 6.07 Å². The third-order valence-electron chi connectivity index (χ3n) is 1.83. The zero-order chi connectivity index (χ0) is 12.0. The van der Waals surface area contributed by atoms with E-state index in [2.05, 4.69) is 10.9 Å². The minimum absolute atomic E-state index is 0.168. The molecule has 5 nitrogen and oxygen atoms in total. The van der Waals surface area contributed by atoms with Gasteiger partial charge in [0.1, 0.15) is 18.3 Å². The molecule has 0 aliphatic carbocycles. The molecule has 1 aromatic heterocycles. The zero-order valence-corrected chi connectivity index (χ0v) is 8.42. The number of pyridine rings is 1. The number of aliphatic carboxylic acids is 1. The van der Waals surface area contributed by atoms with Gasteiger partial charge in [0.2, 0.25) is 0 Å². The molecule has 1 aromatic rings. The van der Waals surface area contributed by atoms with Crippen molar-refractivity contribution in [2.24, 2.45) is 0 Å². The van der Waals surface area contributed by atoms with Crippen molar-refractivity contribution >= 4 is 11.7 Å². The third kappa shape index (κ3) is 3.00. The van der Waals surface area contributed by atoms with E-state index in [0.717, 1.165) is 0 Å². The Bertz CT molecular complexity index is 471. The third-order valence-corrected chi connectivity index (χ3v) is 1.83. The maximum Gasteiger partial charge on any atom is 0.323 e. The predicted octanol–water partition coefficient (Wildman–Crippen LogP) is 0.477. The fourth-order valence-electron chi connectivity index (χ4n) is 1.19. The van der Waals surface area contributed by atoms with E-state index in [1.165, 1.54) is 17.2 Å². The Kier molecular flexibility index (Phi) is 3.88. The first kappa shape index (κ1) is 11.5. The molecule has 0 fully saturated rings. The van der Waals surface area contributed by atoms with Crippen molar-refractivity contribution in [3.05, 3.63) is 24.0 Å². The van der Waals surface area contributed by atoms with Crippen LogP contribution in [-0.4, -0.2) is 29.1 Å². The molecule has 1 rings (SSSR count). The smallest absolute Gasteiger partial charge is 0.323 e. The normalized spacial score (nSPS) is 8.88. The molecule has 0 aliphatic heterocycles. The van der Waals surface area contributed by atoms with Crippen LogP contribution in [0.2, 0.25) is 0 Å². The van der Waals surface area contributed by atoms with Crippen molar-refractivity contribution in [1.29, 1.82) is 5.26 Å². The molecule has 0 saturated heterocycles. The predicted molar refractivity (Wildman–Crippen MR) is 57.6 cm³/mol. The fourth-order valence-corrected chi connectivity index (χ4v) is 1.19. The summed E-state index contributed by atoms with van der Waals surface area (Å²) in [4.78, 5) is 15.9. The summed E-state index contributed by atoms with van der Waals surface area (Å²) >= 11 is 0. The topological polar surface area (TPSA) is 77.2 Å². The van der Waals surface area contributed by atoms with Gasteiger partial charge in [0.25, 0.3) is 0 Å². The lowest BCUT2D eigenvalue weighted by Crippen LogP contribution is -2.30. The van der Waals surface area contributed by atoms with Gasteiger partial charge in [-0.1, -0.05) is 5.92 Å². The molecule has 0 saturated carbocycles. The number of carbonyl (C=O) groups is 1. The van der Waals surface area contributed by atoms with Gasteiger partial charge in [-0.2, -0.15) is 5.26 Å². The van der Waals surface area contributed by atoms with Gasteiger partial charge in [0, 0.05) is 11.9 Å². The van der Waals surface area contributed by atoms with Gasteiger partial charge in [-0.05, 0) is 12.1 Å². The largest absolute Gasteiger partial charge is 0.480 e. The van der Waals surface area contributed by atoms with E-state index in [4.69, 9.17) is 16.8 Å². The fraction of sp³-hybridized carbons (Fsp3) is 0.182. The van der Waals surface area contributed by atoms with E-state index < -0.39 is 5.97 Å². The number of carboxylic acids is 1. The Morgan fingerprint density at radius 1 is 1.69 bits per heavy atom. The van der Waals surface area contributed by atoms with Crippen LogP contribution in [0, 0.1) is 23.7 Å². The number of aromatic nitrogens is 1. The Labute approximate surface area is 92.9 Å². The molecule has 0 aliphatic rings. The summed E-state index contributed by atoms with van der Waals surface area (Å²) in [6.07, 6.45) is 6.59. The highest BCUT2D eigenvalue weighted by Crippen LogP contribution is 2.13. The molecule has 0 amide bonds. The highest BCUT2D eigenvalue weighted by molar-refractivity contribution is 5.74. The summed E-state index contributed by atoms with van der Waals surface area (Å²) in [6.45, 7) is -0.0414. The molecule has 16 heavy (non-hydrogen) atoms. The Balaban J connectivity index is 2.97. The van der Waals surface area contributed by atoms with Crippen molar-refractivity contribution in [2.45, 2.75) is 0 Å². The first-order valence-electron chi connectivity index (χ1n) is 4.43. The van der Waals surface area contributed by atoms with Gasteiger partial charge in [0.05, 0.1) is 6.54 Å². The summed E-state index contributed by atoms with van der Waals surface area (Å²) < 4.78 is 0. The molecule has 0 radical (unpaired) electrons. The summed E-state index contributed by atoms with van der Waals surface area (Å²) in [7, 11) is 0. The minimum Gasteiger partial charge on any atom is -0.480 e. The van der Waals surface area contributed by atoms with Crippen molar-refractivity contribution < 1.29 is 9.90 Å². The van der Waals surface area contributed by atoms with Gasteiger partial charge < -0.3 is 10.0 Å². The van der Waals surface area contributed by atoms with Gasteiger partial charge in [-0.15, -0.1) is 6.42 Å². The Morgan fingerprint density at radius 2 is 2.44 bits per heavy atom. The standard InChI is InChI=1S/C11H9N3O2/c1-2-5-14(8-11(15)16)10-3-4-13-9(6-10)7-12/h1,3-4,6H,5,8H2,(H,15,16). The average Bonchev–Trinajstić information content (AvgIpc) is 2.28. The van der Waals surface area contributed by atoms with Crippen molar-refractivity contribution in [3.63, 3.8) is 0 Å². The molecule has 0 atom stereocenters. The molecular weight excluding hydrogens is 206 g/mol. The molecule has 0 bridgehead atoms. The van der Waals surface area contributed by atoms with Crippen LogP contribution in [0.15, 0.2) is 18.3 Å². The van der Waals surface area contributed by atoms with Crippen LogP contribution >= 0.6 is 0 Å². The van der Waals surface area contributed by atoms with Gasteiger partial charge in [0.15, 0.2) is 0 Å². The summed E-state index contributed by atoms with van der Waals surface area (Å²) in [5.74, 6) is 1.39. The number of terminal acetylenes is 1. The highest BCUT2D eigenvalue weighted by atomic mass is 16.4. The van der Waals surface area contributed by atoms with Crippen molar-refractivity contribution in [3.8, 4) is 18.4 Å². The first-order valence-corrected chi connectivity index (χ1v) is 4.43. The van der Waals surface area contributed by atoms with E-state index in [1.807, 2.05) is 6.07 Å². The van der Waals surface area contributed by atoms with Crippen molar-refractivity contribution in [1.82, 2.24) is 4.98 Å². The lowest BCUT2D eigenvalue weighted by atomic mass is 10.3. The lowest BCUT2D eigenvalue weighted by molar-refractivity contribution is -0.135. The Morgan fingerprint density at radius 3 is 3.00 bits per heavy atom. The minimum atomic E-state index is -0.981. The number of nitriles is 1. The summed E-state index contributed by atoms with van der Waals surface area (Å²) in [5.41, 5.74) is 0.803. The quantitative estimate of drug-likeness (QED) is 0.739. The lowest BCUT2D eigenvalue weighted by Gasteiger charge is -2.19. The maximum atomic E-state index is 10.6. The van der Waals surface area contributed by atoms with E-state index in [-0.39, 0.29) is 18.8 Å². The number of carboxylic acid groups (broad SMARTS) is 1. The number of hydrogen-bond donors (Lipinski definition) is 1. The molecule has 0 aromatic carbocycles. The summed E-state index contributed by atoms with van der Waals surface area (Å²) in [5, 5.41) is 17.4. The van der Waals surface area contributed by atoms with Crippen LogP contribution in [0.1, 0.15) is 5.69 Å². The number of nitrogens with zero attached hydrogens (tertiary/aromatic N) is 3. The van der Waals surface area contributed by atoms with E-state index in [0.29, 0.717) is 5.69 Å². The molecule has 1 N–H and O–H groups in total. The second-order valence-corrected chi connectivity index (χ2v) is 2.97. The molecule has 5 heteroatoms. The van der Waals surface area contributed by atoms with Gasteiger partial charge in [-0.3, -0.25) is 4.79 Å². The highest BCUT2D eigenvalue weighted by Gasteiger charge is 2.10. The number of rotatable bonds is 4. The first-order chi connectivity index (χ1) is 7.67. The second kappa shape index (κ2) is 5.38. The van der Waals surface area contributed by atoms with E-state index >= 15 is 0 Å². The van der Waals surface area contributed by atoms with Crippen LogP contribution in [0.25, 0.3) is 0 Å². The van der Waals surface area contributed by atoms with Crippen LogP contribution in [0.3, 0.4) is 0 Å². The van der Waals surface area contributed by atoms with Gasteiger partial charge in [-0.25, -0.2) is 4.98 Å². The average molecular weight is 215 g/mol. The zero-order valence-electron chi connectivity index (χ0n) is 8.42. The van der Waals surface area contributed by atoms with Crippen LogP contribution < -0.4 is 4.90 Å².